The second-order valence-electron chi connectivity index (χ2n) is 2.66. The molecular weight excluding hydrogens is 178 g/mol. The number of rotatable bonds is 1. The molecule has 0 amide bonds. The minimum Gasteiger partial charge on any atom is -0.503 e. The van der Waals surface area contributed by atoms with Crippen LogP contribution in [0.1, 0.15) is 34.1 Å². The van der Waals surface area contributed by atoms with Crippen molar-refractivity contribution in [3.8, 4) is 0 Å². The van der Waals surface area contributed by atoms with E-state index in [1.807, 2.05) is 27.7 Å². The molecule has 1 rings (SSSR count). The first-order valence-electron chi connectivity index (χ1n) is 4.93. The fourth-order valence-corrected chi connectivity index (χ4v) is 1.02. The standard InChI is InChI=1S/C9H13NO2.C2H6/c1-4-6(2)9-8(10-3)7(11)5-12-9;1-2/h5,11H,4H2,1-3H3;1-2H3/b9-6+,10-8?;. The third-order valence-corrected chi connectivity index (χ3v) is 1.89. The molecule has 14 heavy (non-hydrogen) atoms. The minimum absolute atomic E-state index is 0.111. The smallest absolute Gasteiger partial charge is 0.180 e. The van der Waals surface area contributed by atoms with Gasteiger partial charge in [-0.25, -0.2) is 0 Å². The Hall–Kier alpha value is -1.25. The molecule has 0 saturated heterocycles. The number of aliphatic imine (C=N–C) groups is 1. The summed E-state index contributed by atoms with van der Waals surface area (Å²) in [6.45, 7) is 8.00. The molecule has 3 heteroatoms. The van der Waals surface area contributed by atoms with E-state index in [1.54, 1.807) is 7.05 Å². The quantitative estimate of drug-likeness (QED) is 0.701. The van der Waals surface area contributed by atoms with E-state index in [1.165, 1.54) is 6.26 Å². The van der Waals surface area contributed by atoms with Crippen molar-refractivity contribution in [2.24, 2.45) is 4.99 Å². The summed E-state index contributed by atoms with van der Waals surface area (Å²) in [6, 6.07) is 0. The highest BCUT2D eigenvalue weighted by atomic mass is 16.5. The van der Waals surface area contributed by atoms with Crippen molar-refractivity contribution in [1.29, 1.82) is 0 Å². The monoisotopic (exact) mass is 197 g/mol. The third-order valence-electron chi connectivity index (χ3n) is 1.89. The summed E-state index contributed by atoms with van der Waals surface area (Å²) in [5.41, 5.74) is 1.64. The number of hydrogen-bond donors (Lipinski definition) is 1. The van der Waals surface area contributed by atoms with E-state index < -0.39 is 0 Å². The van der Waals surface area contributed by atoms with Crippen molar-refractivity contribution in [2.75, 3.05) is 7.05 Å². The molecule has 0 atom stereocenters. The van der Waals surface area contributed by atoms with Crippen molar-refractivity contribution in [3.63, 3.8) is 0 Å². The van der Waals surface area contributed by atoms with Gasteiger partial charge in [0.05, 0.1) is 0 Å². The van der Waals surface area contributed by atoms with Crippen LogP contribution in [-0.2, 0) is 4.74 Å². The van der Waals surface area contributed by atoms with E-state index in [0.29, 0.717) is 11.5 Å². The Morgan fingerprint density at radius 2 is 2.07 bits per heavy atom. The third kappa shape index (κ3) is 2.62. The zero-order chi connectivity index (χ0) is 11.1. The van der Waals surface area contributed by atoms with Crippen molar-refractivity contribution < 1.29 is 9.84 Å². The number of aliphatic hydroxyl groups is 1. The largest absolute Gasteiger partial charge is 0.503 e. The molecular formula is C11H19NO2. The highest BCUT2D eigenvalue weighted by Crippen LogP contribution is 2.21. The summed E-state index contributed by atoms with van der Waals surface area (Å²) >= 11 is 0. The Bertz CT molecular complexity index is 275. The first kappa shape index (κ1) is 12.8. The molecule has 80 valence electrons. The predicted octanol–water partition coefficient (Wildman–Crippen LogP) is 3.20. The van der Waals surface area contributed by atoms with Crippen molar-refractivity contribution in [2.45, 2.75) is 34.1 Å². The van der Waals surface area contributed by atoms with Gasteiger partial charge in [-0.1, -0.05) is 20.8 Å². The maximum atomic E-state index is 9.27. The average molecular weight is 197 g/mol. The average Bonchev–Trinajstić information content (AvgIpc) is 2.61. The van der Waals surface area contributed by atoms with Gasteiger partial charge in [0.2, 0.25) is 0 Å². The fourth-order valence-electron chi connectivity index (χ4n) is 1.02. The zero-order valence-electron chi connectivity index (χ0n) is 9.59. The van der Waals surface area contributed by atoms with E-state index >= 15 is 0 Å². The molecule has 0 aromatic heterocycles. The van der Waals surface area contributed by atoms with Crippen molar-refractivity contribution >= 4 is 5.71 Å². The maximum Gasteiger partial charge on any atom is 0.180 e. The molecule has 0 bridgehead atoms. The van der Waals surface area contributed by atoms with E-state index in [0.717, 1.165) is 12.0 Å². The first-order valence-corrected chi connectivity index (χ1v) is 4.93. The van der Waals surface area contributed by atoms with Crippen LogP contribution >= 0.6 is 0 Å². The molecule has 0 fully saturated rings. The van der Waals surface area contributed by atoms with Gasteiger partial charge in [0.25, 0.3) is 0 Å². The number of ether oxygens (including phenoxy) is 1. The van der Waals surface area contributed by atoms with E-state index in [2.05, 4.69) is 4.99 Å². The maximum absolute atomic E-state index is 9.27. The van der Waals surface area contributed by atoms with Crippen LogP contribution in [0.15, 0.2) is 28.3 Å². The van der Waals surface area contributed by atoms with Crippen molar-refractivity contribution in [3.05, 3.63) is 23.4 Å². The Labute approximate surface area is 85.8 Å². The number of nitrogens with zero attached hydrogens (tertiary/aromatic N) is 1. The summed E-state index contributed by atoms with van der Waals surface area (Å²) in [6.07, 6.45) is 2.21. The van der Waals surface area contributed by atoms with Gasteiger partial charge >= 0.3 is 0 Å². The van der Waals surface area contributed by atoms with Gasteiger partial charge in [-0.05, 0) is 18.9 Å². The van der Waals surface area contributed by atoms with Crippen LogP contribution in [0.2, 0.25) is 0 Å². The highest BCUT2D eigenvalue weighted by molar-refractivity contribution is 6.11. The van der Waals surface area contributed by atoms with E-state index in [-0.39, 0.29) is 5.76 Å². The Kier molecular flexibility index (Phi) is 5.68. The lowest BCUT2D eigenvalue weighted by Crippen LogP contribution is -2.02. The van der Waals surface area contributed by atoms with Gasteiger partial charge in [0, 0.05) is 7.05 Å². The molecule has 0 radical (unpaired) electrons. The predicted molar refractivity (Wildman–Crippen MR) is 59.5 cm³/mol. The van der Waals surface area contributed by atoms with Crippen LogP contribution in [-0.4, -0.2) is 17.9 Å². The molecule has 3 nitrogen and oxygen atoms in total. The number of hydrogen-bond acceptors (Lipinski definition) is 3. The van der Waals surface area contributed by atoms with Gasteiger partial charge in [0.15, 0.2) is 11.5 Å². The molecule has 0 saturated carbocycles. The normalized spacial score (nSPS) is 20.9. The lowest BCUT2D eigenvalue weighted by molar-refractivity contribution is 0.362. The Balaban J connectivity index is 0.000000791. The fraction of sp³-hybridized carbons (Fsp3) is 0.545. The van der Waals surface area contributed by atoms with Gasteiger partial charge in [-0.3, -0.25) is 4.99 Å². The van der Waals surface area contributed by atoms with E-state index in [4.69, 9.17) is 4.74 Å². The molecule has 1 aliphatic heterocycles. The Morgan fingerprint density at radius 3 is 2.50 bits per heavy atom. The van der Waals surface area contributed by atoms with Gasteiger partial charge in [-0.15, -0.1) is 0 Å². The SMILES string of the molecule is CC.CC/C(C)=C1/OC=C(O)C1=NC. The van der Waals surface area contributed by atoms with Crippen LogP contribution in [0.25, 0.3) is 0 Å². The molecule has 0 aromatic rings. The lowest BCUT2D eigenvalue weighted by atomic mass is 10.1. The summed E-state index contributed by atoms with van der Waals surface area (Å²) in [7, 11) is 1.64. The Morgan fingerprint density at radius 1 is 1.50 bits per heavy atom. The highest BCUT2D eigenvalue weighted by Gasteiger charge is 2.21. The second-order valence-corrected chi connectivity index (χ2v) is 2.66. The summed E-state index contributed by atoms with van der Waals surface area (Å²) < 4.78 is 5.16. The molecule has 1 aliphatic rings. The molecule has 0 spiro atoms. The molecule has 1 N–H and O–H groups in total. The summed E-state index contributed by atoms with van der Waals surface area (Å²) in [4.78, 5) is 3.93. The lowest BCUT2D eigenvalue weighted by Gasteiger charge is -2.03. The second kappa shape index (κ2) is 6.24. The summed E-state index contributed by atoms with van der Waals surface area (Å²) in [5, 5.41) is 9.27. The van der Waals surface area contributed by atoms with Gasteiger partial charge in [-0.2, -0.15) is 0 Å². The van der Waals surface area contributed by atoms with Crippen LogP contribution in [0.4, 0.5) is 0 Å². The van der Waals surface area contributed by atoms with Crippen LogP contribution in [0.5, 0.6) is 0 Å². The molecule has 1 heterocycles. The molecule has 0 aromatic carbocycles. The minimum atomic E-state index is 0.111. The number of allylic oxidation sites excluding steroid dienone is 1. The topological polar surface area (TPSA) is 41.8 Å². The van der Waals surface area contributed by atoms with Crippen LogP contribution < -0.4 is 0 Å². The zero-order valence-corrected chi connectivity index (χ0v) is 9.59. The summed E-state index contributed by atoms with van der Waals surface area (Å²) in [5.74, 6) is 0.804. The first-order chi connectivity index (χ1) is 6.70. The molecule has 0 aliphatic carbocycles. The molecule has 0 unspecified atom stereocenters. The van der Waals surface area contributed by atoms with E-state index in [9.17, 15) is 5.11 Å². The van der Waals surface area contributed by atoms with Crippen LogP contribution in [0, 0.1) is 0 Å². The van der Waals surface area contributed by atoms with Crippen LogP contribution in [0.3, 0.4) is 0 Å². The number of aliphatic hydroxyl groups excluding tert-OH is 1. The van der Waals surface area contributed by atoms with Gasteiger partial charge in [0.1, 0.15) is 12.0 Å². The van der Waals surface area contributed by atoms with Crippen molar-refractivity contribution in [1.82, 2.24) is 0 Å². The van der Waals surface area contributed by atoms with Gasteiger partial charge < -0.3 is 9.84 Å².